The Morgan fingerprint density at radius 2 is 1.77 bits per heavy atom. The fourth-order valence-corrected chi connectivity index (χ4v) is 2.56. The largest absolute Gasteiger partial charge is 0.433 e. The minimum absolute atomic E-state index is 0.0786. The van der Waals surface area contributed by atoms with Gasteiger partial charge in [-0.2, -0.15) is 18.3 Å². The summed E-state index contributed by atoms with van der Waals surface area (Å²) in [5.74, 6) is 0.0786. The highest BCUT2D eigenvalue weighted by molar-refractivity contribution is 5.76. The number of hydrogen-bond acceptors (Lipinski definition) is 4. The van der Waals surface area contributed by atoms with E-state index in [1.165, 1.54) is 12.1 Å². The van der Waals surface area contributed by atoms with Gasteiger partial charge in [-0.05, 0) is 18.2 Å². The number of anilines is 2. The Bertz CT molecular complexity index is 1060. The van der Waals surface area contributed by atoms with Crippen LogP contribution in [0.3, 0.4) is 0 Å². The number of pyridine rings is 1. The van der Waals surface area contributed by atoms with Gasteiger partial charge in [-0.15, -0.1) is 0 Å². The minimum Gasteiger partial charge on any atom is -0.337 e. The van der Waals surface area contributed by atoms with E-state index in [9.17, 15) is 13.2 Å². The van der Waals surface area contributed by atoms with Crippen LogP contribution in [0.15, 0.2) is 67.0 Å². The zero-order valence-electron chi connectivity index (χ0n) is 13.3. The minimum atomic E-state index is -4.51. The first kappa shape index (κ1) is 16.1. The van der Waals surface area contributed by atoms with Crippen molar-refractivity contribution in [2.45, 2.75) is 6.18 Å². The molecule has 0 unspecified atom stereocenters. The summed E-state index contributed by atoms with van der Waals surface area (Å²) in [7, 11) is 0. The summed E-state index contributed by atoms with van der Waals surface area (Å²) in [6, 6.07) is 14.9. The van der Waals surface area contributed by atoms with Crippen molar-refractivity contribution in [3.8, 4) is 11.3 Å². The molecule has 1 aromatic carbocycles. The molecule has 0 atom stereocenters. The maximum Gasteiger partial charge on any atom is 0.433 e. The number of rotatable bonds is 3. The number of fused-ring (bicyclic) bond motifs is 1. The second-order valence-corrected chi connectivity index (χ2v) is 5.54. The molecular weight excluding hydrogens is 343 g/mol. The molecule has 0 aliphatic carbocycles. The number of hydrogen-bond donors (Lipinski definition) is 1. The van der Waals surface area contributed by atoms with Gasteiger partial charge in [0.15, 0.2) is 5.65 Å². The van der Waals surface area contributed by atoms with Gasteiger partial charge in [0.25, 0.3) is 0 Å². The summed E-state index contributed by atoms with van der Waals surface area (Å²) < 4.78 is 40.2. The molecular formula is C18H12F3N5. The van der Waals surface area contributed by atoms with Crippen LogP contribution in [0.2, 0.25) is 0 Å². The third kappa shape index (κ3) is 3.08. The summed E-state index contributed by atoms with van der Waals surface area (Å²) >= 11 is 0. The van der Waals surface area contributed by atoms with Gasteiger partial charge < -0.3 is 5.32 Å². The predicted octanol–water partition coefficient (Wildman–Crippen LogP) is 4.55. The van der Waals surface area contributed by atoms with Gasteiger partial charge in [0, 0.05) is 18.0 Å². The Balaban J connectivity index is 1.78. The van der Waals surface area contributed by atoms with Crippen LogP contribution < -0.4 is 5.32 Å². The number of halogens is 3. The van der Waals surface area contributed by atoms with E-state index >= 15 is 0 Å². The summed E-state index contributed by atoms with van der Waals surface area (Å²) in [6.45, 7) is 0. The second kappa shape index (κ2) is 6.14. The highest BCUT2D eigenvalue weighted by atomic mass is 19.4. The average molecular weight is 355 g/mol. The van der Waals surface area contributed by atoms with Gasteiger partial charge in [-0.3, -0.25) is 0 Å². The van der Waals surface area contributed by atoms with Crippen LogP contribution in [0.25, 0.3) is 16.9 Å². The Kier molecular flexibility index (Phi) is 3.80. The average Bonchev–Trinajstić information content (AvgIpc) is 3.11. The molecule has 5 nitrogen and oxygen atoms in total. The van der Waals surface area contributed by atoms with E-state index in [1.807, 2.05) is 30.3 Å². The van der Waals surface area contributed by atoms with Crippen molar-refractivity contribution in [1.29, 1.82) is 0 Å². The van der Waals surface area contributed by atoms with Gasteiger partial charge in [0.2, 0.25) is 0 Å². The highest BCUT2D eigenvalue weighted by Crippen LogP contribution is 2.30. The summed E-state index contributed by atoms with van der Waals surface area (Å²) in [6.07, 6.45) is -1.26. The monoisotopic (exact) mass is 355 g/mol. The smallest absolute Gasteiger partial charge is 0.337 e. The lowest BCUT2D eigenvalue weighted by Crippen LogP contribution is -2.09. The number of nitrogens with one attached hydrogen (secondary N) is 1. The zero-order chi connectivity index (χ0) is 18.1. The maximum absolute atomic E-state index is 12.9. The lowest BCUT2D eigenvalue weighted by molar-refractivity contribution is -0.141. The Hall–Kier alpha value is -3.42. The van der Waals surface area contributed by atoms with Crippen molar-refractivity contribution < 1.29 is 13.2 Å². The third-order valence-electron chi connectivity index (χ3n) is 3.73. The molecule has 0 amide bonds. The summed E-state index contributed by atoms with van der Waals surface area (Å²) in [4.78, 5) is 7.85. The van der Waals surface area contributed by atoms with Crippen LogP contribution in [0, 0.1) is 0 Å². The van der Waals surface area contributed by atoms with Crippen LogP contribution in [0.5, 0.6) is 0 Å². The molecule has 0 radical (unpaired) electrons. The molecule has 0 aliphatic heterocycles. The molecule has 4 aromatic rings. The molecule has 4 rings (SSSR count). The molecule has 1 N–H and O–H groups in total. The number of nitrogens with zero attached hydrogens (tertiary/aromatic N) is 4. The van der Waals surface area contributed by atoms with Crippen LogP contribution in [0.1, 0.15) is 5.69 Å². The molecule has 3 aromatic heterocycles. The van der Waals surface area contributed by atoms with Crippen molar-refractivity contribution >= 4 is 17.2 Å². The number of aromatic nitrogens is 4. The zero-order valence-corrected chi connectivity index (χ0v) is 13.3. The molecule has 0 saturated heterocycles. The molecule has 3 heterocycles. The van der Waals surface area contributed by atoms with Crippen LogP contribution in [-0.2, 0) is 6.18 Å². The number of benzene rings is 1. The molecule has 0 saturated carbocycles. The van der Waals surface area contributed by atoms with Gasteiger partial charge in [-0.1, -0.05) is 36.4 Å². The Labute approximate surface area is 146 Å². The van der Waals surface area contributed by atoms with Gasteiger partial charge in [0.05, 0.1) is 11.4 Å². The first-order chi connectivity index (χ1) is 12.5. The van der Waals surface area contributed by atoms with Crippen LogP contribution >= 0.6 is 0 Å². The first-order valence-corrected chi connectivity index (χ1v) is 7.72. The molecule has 26 heavy (non-hydrogen) atoms. The van der Waals surface area contributed by atoms with Gasteiger partial charge >= 0.3 is 6.18 Å². The summed E-state index contributed by atoms with van der Waals surface area (Å²) in [5.41, 5.74) is 1.58. The molecule has 0 bridgehead atoms. The number of alkyl halides is 3. The molecule has 8 heteroatoms. The lowest BCUT2D eigenvalue weighted by atomic mass is 10.1. The van der Waals surface area contributed by atoms with Gasteiger partial charge in [-0.25, -0.2) is 14.5 Å². The Morgan fingerprint density at radius 1 is 0.962 bits per heavy atom. The molecule has 0 aliphatic rings. The maximum atomic E-state index is 12.9. The molecule has 0 spiro atoms. The van der Waals surface area contributed by atoms with Crippen molar-refractivity contribution in [3.05, 3.63) is 72.7 Å². The van der Waals surface area contributed by atoms with E-state index in [2.05, 4.69) is 20.4 Å². The highest BCUT2D eigenvalue weighted by Gasteiger charge is 2.32. The third-order valence-corrected chi connectivity index (χ3v) is 3.73. The second-order valence-electron chi connectivity index (χ2n) is 5.54. The van der Waals surface area contributed by atoms with E-state index in [1.54, 1.807) is 23.0 Å². The van der Waals surface area contributed by atoms with Crippen LogP contribution in [0.4, 0.5) is 24.7 Å². The normalized spacial score (nSPS) is 11.7. The lowest BCUT2D eigenvalue weighted by Gasteiger charge is -2.11. The van der Waals surface area contributed by atoms with Crippen molar-refractivity contribution in [2.24, 2.45) is 0 Å². The van der Waals surface area contributed by atoms with Crippen molar-refractivity contribution in [1.82, 2.24) is 19.6 Å². The van der Waals surface area contributed by atoms with E-state index in [4.69, 9.17) is 0 Å². The van der Waals surface area contributed by atoms with E-state index in [0.717, 1.165) is 11.6 Å². The fraction of sp³-hybridized carbons (Fsp3) is 0.0556. The SMILES string of the molecule is FC(F)(F)c1cccc(Nc2cc(-c3ccccc3)nn3ccnc23)n1. The molecule has 130 valence electrons. The van der Waals surface area contributed by atoms with E-state index in [-0.39, 0.29) is 5.82 Å². The number of imidazole rings is 1. The fourth-order valence-electron chi connectivity index (χ4n) is 2.56. The quantitative estimate of drug-likeness (QED) is 0.586. The predicted molar refractivity (Wildman–Crippen MR) is 90.9 cm³/mol. The van der Waals surface area contributed by atoms with E-state index in [0.29, 0.717) is 17.0 Å². The standard InChI is InChI=1S/C18H12F3N5/c19-18(20,21)15-7-4-8-16(24-15)23-14-11-13(12-5-2-1-3-6-12)25-26-10-9-22-17(14)26/h1-11H,(H,23,24). The van der Waals surface area contributed by atoms with E-state index < -0.39 is 11.9 Å². The first-order valence-electron chi connectivity index (χ1n) is 7.72. The topological polar surface area (TPSA) is 55.1 Å². The van der Waals surface area contributed by atoms with Gasteiger partial charge in [0.1, 0.15) is 11.5 Å². The van der Waals surface area contributed by atoms with Crippen molar-refractivity contribution in [2.75, 3.05) is 5.32 Å². The Morgan fingerprint density at radius 3 is 2.54 bits per heavy atom. The van der Waals surface area contributed by atoms with Crippen molar-refractivity contribution in [3.63, 3.8) is 0 Å². The molecule has 0 fully saturated rings. The summed E-state index contributed by atoms with van der Waals surface area (Å²) in [5, 5.41) is 7.40. The van der Waals surface area contributed by atoms with Crippen LogP contribution in [-0.4, -0.2) is 19.6 Å².